The SMILES string of the molecule is CCC(CCNC(=O)c1cc(Br)ccc1C)CCC(=O)O. The highest BCUT2D eigenvalue weighted by Gasteiger charge is 2.12. The Labute approximate surface area is 134 Å². The summed E-state index contributed by atoms with van der Waals surface area (Å²) in [6, 6.07) is 5.62. The predicted molar refractivity (Wildman–Crippen MR) is 86.5 cm³/mol. The maximum Gasteiger partial charge on any atom is 0.303 e. The van der Waals surface area contributed by atoms with E-state index in [1.807, 2.05) is 32.0 Å². The Kier molecular flexibility index (Phi) is 7.43. The number of carbonyl (C=O) groups is 2. The average molecular weight is 356 g/mol. The van der Waals surface area contributed by atoms with Crippen LogP contribution in [0.25, 0.3) is 0 Å². The zero-order valence-corrected chi connectivity index (χ0v) is 14.1. The fraction of sp³-hybridized carbons (Fsp3) is 0.500. The van der Waals surface area contributed by atoms with Crippen LogP contribution in [0, 0.1) is 12.8 Å². The number of halogens is 1. The fourth-order valence-electron chi connectivity index (χ4n) is 2.20. The minimum absolute atomic E-state index is 0.0816. The number of hydrogen-bond acceptors (Lipinski definition) is 2. The molecule has 0 aliphatic rings. The van der Waals surface area contributed by atoms with Crippen LogP contribution < -0.4 is 5.32 Å². The lowest BCUT2D eigenvalue weighted by atomic mass is 9.96. The second kappa shape index (κ2) is 8.82. The van der Waals surface area contributed by atoms with E-state index in [2.05, 4.69) is 21.2 Å². The minimum Gasteiger partial charge on any atom is -0.481 e. The van der Waals surface area contributed by atoms with Crippen molar-refractivity contribution in [2.24, 2.45) is 5.92 Å². The second-order valence-electron chi connectivity index (χ2n) is 5.21. The Morgan fingerprint density at radius 3 is 2.67 bits per heavy atom. The minimum atomic E-state index is -0.762. The van der Waals surface area contributed by atoms with Crippen molar-refractivity contribution in [1.82, 2.24) is 5.32 Å². The lowest BCUT2D eigenvalue weighted by Gasteiger charge is -2.14. The Hall–Kier alpha value is -1.36. The molecular formula is C16H22BrNO3. The monoisotopic (exact) mass is 355 g/mol. The van der Waals surface area contributed by atoms with Crippen molar-refractivity contribution in [3.05, 3.63) is 33.8 Å². The summed E-state index contributed by atoms with van der Waals surface area (Å²) in [6.07, 6.45) is 2.59. The fourth-order valence-corrected chi connectivity index (χ4v) is 2.57. The molecule has 0 radical (unpaired) electrons. The number of nitrogens with one attached hydrogen (secondary N) is 1. The summed E-state index contributed by atoms with van der Waals surface area (Å²) in [7, 11) is 0. The van der Waals surface area contributed by atoms with Crippen LogP contribution in [-0.2, 0) is 4.79 Å². The molecule has 116 valence electrons. The molecule has 5 heteroatoms. The Bertz CT molecular complexity index is 502. The van der Waals surface area contributed by atoms with Crippen molar-refractivity contribution in [1.29, 1.82) is 0 Å². The zero-order valence-electron chi connectivity index (χ0n) is 12.5. The van der Waals surface area contributed by atoms with Gasteiger partial charge in [0, 0.05) is 23.0 Å². The molecular weight excluding hydrogens is 334 g/mol. The summed E-state index contributed by atoms with van der Waals surface area (Å²) in [5, 5.41) is 11.6. The van der Waals surface area contributed by atoms with Gasteiger partial charge in [-0.05, 0) is 43.4 Å². The summed E-state index contributed by atoms with van der Waals surface area (Å²) in [5.74, 6) is -0.505. The summed E-state index contributed by atoms with van der Waals surface area (Å²) in [4.78, 5) is 22.7. The van der Waals surface area contributed by atoms with Crippen molar-refractivity contribution in [2.75, 3.05) is 6.54 Å². The van der Waals surface area contributed by atoms with E-state index >= 15 is 0 Å². The Morgan fingerprint density at radius 2 is 2.05 bits per heavy atom. The van der Waals surface area contributed by atoms with Crippen LogP contribution in [0.15, 0.2) is 22.7 Å². The predicted octanol–water partition coefficient (Wildman–Crippen LogP) is 3.77. The molecule has 0 aromatic heterocycles. The van der Waals surface area contributed by atoms with Crippen molar-refractivity contribution >= 4 is 27.8 Å². The molecule has 0 aliphatic heterocycles. The van der Waals surface area contributed by atoms with E-state index in [0.717, 1.165) is 22.9 Å². The molecule has 0 aliphatic carbocycles. The van der Waals surface area contributed by atoms with Gasteiger partial charge in [0.1, 0.15) is 0 Å². The molecule has 0 saturated heterocycles. The normalized spacial score (nSPS) is 12.0. The highest BCUT2D eigenvalue weighted by molar-refractivity contribution is 9.10. The highest BCUT2D eigenvalue weighted by atomic mass is 79.9. The molecule has 0 bridgehead atoms. The third-order valence-electron chi connectivity index (χ3n) is 3.63. The van der Waals surface area contributed by atoms with E-state index < -0.39 is 5.97 Å². The third kappa shape index (κ3) is 6.29. The van der Waals surface area contributed by atoms with E-state index in [1.165, 1.54) is 0 Å². The lowest BCUT2D eigenvalue weighted by molar-refractivity contribution is -0.137. The van der Waals surface area contributed by atoms with Gasteiger partial charge in [0.15, 0.2) is 0 Å². The molecule has 0 saturated carbocycles. The number of carboxylic acids is 1. The summed E-state index contributed by atoms with van der Waals surface area (Å²) >= 11 is 3.37. The van der Waals surface area contributed by atoms with E-state index in [-0.39, 0.29) is 12.3 Å². The van der Waals surface area contributed by atoms with Crippen LogP contribution in [0.1, 0.15) is 48.5 Å². The average Bonchev–Trinajstić information content (AvgIpc) is 2.44. The van der Waals surface area contributed by atoms with Crippen LogP contribution in [0.3, 0.4) is 0 Å². The first kappa shape index (κ1) is 17.7. The molecule has 1 unspecified atom stereocenters. The van der Waals surface area contributed by atoms with Crippen LogP contribution in [0.4, 0.5) is 0 Å². The van der Waals surface area contributed by atoms with Gasteiger partial charge in [-0.3, -0.25) is 9.59 Å². The smallest absolute Gasteiger partial charge is 0.303 e. The first-order valence-corrected chi connectivity index (χ1v) is 7.99. The van der Waals surface area contributed by atoms with Crippen LogP contribution in [0.5, 0.6) is 0 Å². The van der Waals surface area contributed by atoms with Gasteiger partial charge in [-0.1, -0.05) is 35.3 Å². The largest absolute Gasteiger partial charge is 0.481 e. The van der Waals surface area contributed by atoms with Crippen molar-refractivity contribution in [2.45, 2.75) is 39.5 Å². The topological polar surface area (TPSA) is 66.4 Å². The standard InChI is InChI=1S/C16H22BrNO3/c1-3-12(5-7-15(19)20)8-9-18-16(21)14-10-13(17)6-4-11(14)2/h4,6,10,12H,3,5,7-9H2,1-2H3,(H,18,21)(H,19,20). The molecule has 0 spiro atoms. The number of amides is 1. The zero-order chi connectivity index (χ0) is 15.8. The van der Waals surface area contributed by atoms with Gasteiger partial charge < -0.3 is 10.4 Å². The molecule has 1 atom stereocenters. The number of hydrogen-bond donors (Lipinski definition) is 2. The molecule has 0 heterocycles. The molecule has 2 N–H and O–H groups in total. The summed E-state index contributed by atoms with van der Waals surface area (Å²) in [6.45, 7) is 4.53. The van der Waals surface area contributed by atoms with E-state index in [9.17, 15) is 9.59 Å². The van der Waals surface area contributed by atoms with Crippen molar-refractivity contribution in [3.63, 3.8) is 0 Å². The van der Waals surface area contributed by atoms with Gasteiger partial charge in [0.2, 0.25) is 0 Å². The third-order valence-corrected chi connectivity index (χ3v) is 4.12. The first-order valence-electron chi connectivity index (χ1n) is 7.20. The molecule has 1 rings (SSSR count). The van der Waals surface area contributed by atoms with Gasteiger partial charge in [0.05, 0.1) is 0 Å². The number of carbonyl (C=O) groups excluding carboxylic acids is 1. The maximum atomic E-state index is 12.1. The number of aliphatic carboxylic acids is 1. The molecule has 0 fully saturated rings. The summed E-state index contributed by atoms with van der Waals surface area (Å²) in [5.41, 5.74) is 1.61. The van der Waals surface area contributed by atoms with Crippen LogP contribution in [-0.4, -0.2) is 23.5 Å². The molecule has 4 nitrogen and oxygen atoms in total. The van der Waals surface area contributed by atoms with Gasteiger partial charge in [0.25, 0.3) is 5.91 Å². The lowest BCUT2D eigenvalue weighted by Crippen LogP contribution is -2.26. The van der Waals surface area contributed by atoms with Gasteiger partial charge in [-0.15, -0.1) is 0 Å². The Balaban J connectivity index is 2.45. The van der Waals surface area contributed by atoms with Crippen molar-refractivity contribution < 1.29 is 14.7 Å². The van der Waals surface area contributed by atoms with Crippen molar-refractivity contribution in [3.8, 4) is 0 Å². The second-order valence-corrected chi connectivity index (χ2v) is 6.13. The molecule has 1 aromatic rings. The van der Waals surface area contributed by atoms with E-state index in [0.29, 0.717) is 24.4 Å². The number of carboxylic acid groups (broad SMARTS) is 1. The summed E-state index contributed by atoms with van der Waals surface area (Å²) < 4.78 is 0.881. The quantitative estimate of drug-likeness (QED) is 0.745. The van der Waals surface area contributed by atoms with Gasteiger partial charge >= 0.3 is 5.97 Å². The van der Waals surface area contributed by atoms with Crippen LogP contribution >= 0.6 is 15.9 Å². The van der Waals surface area contributed by atoms with E-state index in [1.54, 1.807) is 0 Å². The number of rotatable bonds is 8. The highest BCUT2D eigenvalue weighted by Crippen LogP contribution is 2.17. The molecule has 1 aromatic carbocycles. The van der Waals surface area contributed by atoms with E-state index in [4.69, 9.17) is 5.11 Å². The molecule has 21 heavy (non-hydrogen) atoms. The van der Waals surface area contributed by atoms with Crippen LogP contribution in [0.2, 0.25) is 0 Å². The van der Waals surface area contributed by atoms with Gasteiger partial charge in [-0.25, -0.2) is 0 Å². The number of benzene rings is 1. The molecule has 1 amide bonds. The number of aryl methyl sites for hydroxylation is 1. The Morgan fingerprint density at radius 1 is 1.33 bits per heavy atom. The first-order chi connectivity index (χ1) is 9.93. The maximum absolute atomic E-state index is 12.1. The van der Waals surface area contributed by atoms with Gasteiger partial charge in [-0.2, -0.15) is 0 Å².